The maximum absolute atomic E-state index is 11.6. The molecular weight excluding hydrogens is 270 g/mol. The summed E-state index contributed by atoms with van der Waals surface area (Å²) in [6.07, 6.45) is 2.05. The van der Waals surface area contributed by atoms with Gasteiger partial charge in [-0.05, 0) is 36.8 Å². The van der Waals surface area contributed by atoms with Crippen molar-refractivity contribution in [2.45, 2.75) is 19.4 Å². The summed E-state index contributed by atoms with van der Waals surface area (Å²) in [7, 11) is 1.62. The summed E-state index contributed by atoms with van der Waals surface area (Å²) in [5.41, 5.74) is 8.53. The smallest absolute Gasteiger partial charge is 0.323 e. The van der Waals surface area contributed by atoms with Crippen LogP contribution in [0.25, 0.3) is 11.3 Å². The molecule has 21 heavy (non-hydrogen) atoms. The zero-order chi connectivity index (χ0) is 15.2. The van der Waals surface area contributed by atoms with Crippen LogP contribution in [-0.2, 0) is 16.0 Å². The van der Waals surface area contributed by atoms with E-state index < -0.39 is 12.0 Å². The number of carbonyl (C=O) groups is 1. The first-order valence-corrected chi connectivity index (χ1v) is 6.74. The fourth-order valence-corrected chi connectivity index (χ4v) is 2.04. The van der Waals surface area contributed by atoms with Gasteiger partial charge in [0.15, 0.2) is 0 Å². The van der Waals surface area contributed by atoms with Crippen LogP contribution in [0.15, 0.2) is 30.5 Å². The second-order valence-electron chi connectivity index (χ2n) is 4.56. The number of hydrogen-bond donors (Lipinski definition) is 2. The van der Waals surface area contributed by atoms with Crippen LogP contribution >= 0.6 is 0 Å². The summed E-state index contributed by atoms with van der Waals surface area (Å²) in [5, 5.41) is 6.97. The summed E-state index contributed by atoms with van der Waals surface area (Å²) < 4.78 is 10.0. The summed E-state index contributed by atoms with van der Waals surface area (Å²) >= 11 is 0. The summed E-state index contributed by atoms with van der Waals surface area (Å²) in [6.45, 7) is 2.08. The molecular formula is C15H19N3O3. The van der Waals surface area contributed by atoms with E-state index in [1.54, 1.807) is 20.2 Å². The normalized spacial score (nSPS) is 12.0. The minimum atomic E-state index is -0.695. The summed E-state index contributed by atoms with van der Waals surface area (Å²) in [5.74, 6) is 0.377. The largest absolute Gasteiger partial charge is 0.497 e. The van der Waals surface area contributed by atoms with Crippen molar-refractivity contribution in [3.05, 3.63) is 36.0 Å². The Hall–Kier alpha value is -2.34. The first-order valence-electron chi connectivity index (χ1n) is 6.74. The Morgan fingerprint density at radius 1 is 1.38 bits per heavy atom. The minimum Gasteiger partial charge on any atom is -0.497 e. The third kappa shape index (κ3) is 3.61. The van der Waals surface area contributed by atoms with Gasteiger partial charge in [-0.1, -0.05) is 0 Å². The number of H-pyrrole nitrogens is 1. The van der Waals surface area contributed by atoms with Gasteiger partial charge in [-0.15, -0.1) is 0 Å². The molecule has 0 aliphatic rings. The molecule has 0 aliphatic carbocycles. The van der Waals surface area contributed by atoms with Gasteiger partial charge in [-0.2, -0.15) is 5.10 Å². The van der Waals surface area contributed by atoms with Gasteiger partial charge in [0.1, 0.15) is 11.8 Å². The molecule has 0 saturated carbocycles. The molecule has 6 heteroatoms. The number of ether oxygens (including phenoxy) is 2. The highest BCUT2D eigenvalue weighted by atomic mass is 16.5. The van der Waals surface area contributed by atoms with E-state index in [4.69, 9.17) is 15.2 Å². The monoisotopic (exact) mass is 289 g/mol. The Morgan fingerprint density at radius 3 is 2.71 bits per heavy atom. The average molecular weight is 289 g/mol. The van der Waals surface area contributed by atoms with Crippen LogP contribution in [0.2, 0.25) is 0 Å². The fraction of sp³-hybridized carbons (Fsp3) is 0.333. The maximum atomic E-state index is 11.6. The number of nitrogens with two attached hydrogens (primary N) is 1. The lowest BCUT2D eigenvalue weighted by Gasteiger charge is -2.10. The van der Waals surface area contributed by atoms with E-state index in [1.165, 1.54) is 0 Å². The van der Waals surface area contributed by atoms with Crippen molar-refractivity contribution in [1.29, 1.82) is 0 Å². The first-order chi connectivity index (χ1) is 10.2. The van der Waals surface area contributed by atoms with E-state index in [0.29, 0.717) is 13.0 Å². The van der Waals surface area contributed by atoms with Crippen molar-refractivity contribution in [3.8, 4) is 17.0 Å². The van der Waals surface area contributed by atoms with Crippen LogP contribution in [0, 0.1) is 0 Å². The molecule has 1 heterocycles. The van der Waals surface area contributed by atoms with Crippen molar-refractivity contribution in [1.82, 2.24) is 10.2 Å². The predicted octanol–water partition coefficient (Wildman–Crippen LogP) is 1.52. The van der Waals surface area contributed by atoms with Crippen LogP contribution in [0.5, 0.6) is 5.75 Å². The van der Waals surface area contributed by atoms with Crippen LogP contribution in [0.4, 0.5) is 0 Å². The number of nitrogens with one attached hydrogen (secondary N) is 1. The molecule has 0 spiro atoms. The van der Waals surface area contributed by atoms with Gasteiger partial charge >= 0.3 is 5.97 Å². The Balaban J connectivity index is 2.16. The molecule has 1 unspecified atom stereocenters. The van der Waals surface area contributed by atoms with Gasteiger partial charge in [-0.3, -0.25) is 9.89 Å². The molecule has 112 valence electrons. The van der Waals surface area contributed by atoms with Gasteiger partial charge in [-0.25, -0.2) is 0 Å². The van der Waals surface area contributed by atoms with Gasteiger partial charge in [0, 0.05) is 12.0 Å². The van der Waals surface area contributed by atoms with Crippen LogP contribution in [0.1, 0.15) is 12.5 Å². The molecule has 0 amide bonds. The molecule has 1 aromatic heterocycles. The molecule has 0 aliphatic heterocycles. The summed E-state index contributed by atoms with van der Waals surface area (Å²) in [4.78, 5) is 11.6. The lowest BCUT2D eigenvalue weighted by molar-refractivity contribution is -0.144. The van der Waals surface area contributed by atoms with Crippen LogP contribution in [0.3, 0.4) is 0 Å². The number of nitrogens with zero attached hydrogens (tertiary/aromatic N) is 1. The number of methoxy groups -OCH3 is 1. The number of rotatable bonds is 6. The first kappa shape index (κ1) is 15.1. The number of benzene rings is 1. The van der Waals surface area contributed by atoms with Crippen LogP contribution in [-0.4, -0.2) is 35.9 Å². The Kier molecular flexibility index (Phi) is 4.94. The van der Waals surface area contributed by atoms with Crippen molar-refractivity contribution in [2.24, 2.45) is 5.73 Å². The van der Waals surface area contributed by atoms with Crippen molar-refractivity contribution in [2.75, 3.05) is 13.7 Å². The van der Waals surface area contributed by atoms with E-state index in [-0.39, 0.29) is 0 Å². The predicted molar refractivity (Wildman–Crippen MR) is 78.9 cm³/mol. The van der Waals surface area contributed by atoms with Gasteiger partial charge in [0.05, 0.1) is 25.6 Å². The quantitative estimate of drug-likeness (QED) is 0.787. The van der Waals surface area contributed by atoms with Crippen LogP contribution < -0.4 is 10.5 Å². The minimum absolute atomic E-state index is 0.323. The molecule has 0 radical (unpaired) electrons. The SMILES string of the molecule is CCOC(=O)C(N)Cc1cn[nH]c1-c1ccc(OC)cc1. The maximum Gasteiger partial charge on any atom is 0.323 e. The second kappa shape index (κ2) is 6.90. The number of carbonyl (C=O) groups excluding carboxylic acids is 1. The highest BCUT2D eigenvalue weighted by Crippen LogP contribution is 2.24. The third-order valence-electron chi connectivity index (χ3n) is 3.13. The lowest BCUT2D eigenvalue weighted by Crippen LogP contribution is -2.34. The van der Waals surface area contributed by atoms with E-state index >= 15 is 0 Å². The third-order valence-corrected chi connectivity index (χ3v) is 3.13. The van der Waals surface area contributed by atoms with Gasteiger partial charge in [0.25, 0.3) is 0 Å². The summed E-state index contributed by atoms with van der Waals surface area (Å²) in [6, 6.07) is 6.88. The fourth-order valence-electron chi connectivity index (χ4n) is 2.04. The van der Waals surface area contributed by atoms with Crippen molar-refractivity contribution < 1.29 is 14.3 Å². The van der Waals surface area contributed by atoms with E-state index in [9.17, 15) is 4.79 Å². The van der Waals surface area contributed by atoms with Gasteiger partial charge in [0.2, 0.25) is 0 Å². The standard InChI is InChI=1S/C15H19N3O3/c1-3-21-15(19)13(16)8-11-9-17-18-14(11)10-4-6-12(20-2)7-5-10/h4-7,9,13H,3,8,16H2,1-2H3,(H,17,18). The Labute approximate surface area is 123 Å². The molecule has 0 fully saturated rings. The Morgan fingerprint density at radius 2 is 2.10 bits per heavy atom. The second-order valence-corrected chi connectivity index (χ2v) is 4.56. The molecule has 0 bridgehead atoms. The molecule has 1 aromatic carbocycles. The van der Waals surface area contributed by atoms with E-state index in [2.05, 4.69) is 10.2 Å². The average Bonchev–Trinajstić information content (AvgIpc) is 2.95. The highest BCUT2D eigenvalue weighted by molar-refractivity contribution is 5.76. The Bertz CT molecular complexity index is 592. The molecule has 3 N–H and O–H groups in total. The van der Waals surface area contributed by atoms with E-state index in [1.807, 2.05) is 24.3 Å². The zero-order valence-corrected chi connectivity index (χ0v) is 12.1. The van der Waals surface area contributed by atoms with Crippen molar-refractivity contribution in [3.63, 3.8) is 0 Å². The van der Waals surface area contributed by atoms with E-state index in [0.717, 1.165) is 22.6 Å². The highest BCUT2D eigenvalue weighted by Gasteiger charge is 2.18. The van der Waals surface area contributed by atoms with Crippen molar-refractivity contribution >= 4 is 5.97 Å². The molecule has 2 aromatic rings. The molecule has 6 nitrogen and oxygen atoms in total. The van der Waals surface area contributed by atoms with Gasteiger partial charge < -0.3 is 15.2 Å². The number of esters is 1. The lowest BCUT2D eigenvalue weighted by atomic mass is 10.0. The zero-order valence-electron chi connectivity index (χ0n) is 12.1. The number of aromatic nitrogens is 2. The topological polar surface area (TPSA) is 90.2 Å². The number of aromatic amines is 1. The molecule has 2 rings (SSSR count). The molecule has 1 atom stereocenters. The number of hydrogen-bond acceptors (Lipinski definition) is 5. The molecule has 0 saturated heterocycles.